The summed E-state index contributed by atoms with van der Waals surface area (Å²) in [5.74, 6) is 0.0715. The summed E-state index contributed by atoms with van der Waals surface area (Å²) in [4.78, 5) is 44.8. The molecule has 0 spiro atoms. The van der Waals surface area contributed by atoms with Gasteiger partial charge in [0.2, 0.25) is 0 Å². The van der Waals surface area contributed by atoms with Crippen LogP contribution in [-0.4, -0.2) is 90.5 Å². The highest BCUT2D eigenvalue weighted by molar-refractivity contribution is 6.70. The number of nitriles is 2. The lowest BCUT2D eigenvalue weighted by atomic mass is 9.90. The van der Waals surface area contributed by atoms with Crippen molar-refractivity contribution in [3.63, 3.8) is 0 Å². The van der Waals surface area contributed by atoms with E-state index in [-0.39, 0.29) is 17.3 Å². The molecule has 14 heteroatoms. The van der Waals surface area contributed by atoms with Crippen molar-refractivity contribution in [2.75, 3.05) is 21.1 Å². The lowest BCUT2D eigenvalue weighted by Crippen LogP contribution is -2.46. The Morgan fingerprint density at radius 1 is 0.534 bits per heavy atom. The van der Waals surface area contributed by atoms with Gasteiger partial charge in [-0.15, -0.1) is 19.7 Å². The molecule has 0 radical (unpaired) electrons. The van der Waals surface area contributed by atoms with Gasteiger partial charge in [-0.1, -0.05) is 200 Å². The maximum absolute atomic E-state index is 12.7. The molecule has 0 aliphatic rings. The van der Waals surface area contributed by atoms with E-state index in [0.29, 0.717) is 36.8 Å². The van der Waals surface area contributed by atoms with Gasteiger partial charge in [-0.3, -0.25) is 14.4 Å². The lowest BCUT2D eigenvalue weighted by molar-refractivity contribution is -0.884. The van der Waals surface area contributed by atoms with E-state index < -0.39 is 48.4 Å². The maximum Gasteiger partial charge on any atom is 0.194 e. The Balaban J connectivity index is 0.00000102. The summed E-state index contributed by atoms with van der Waals surface area (Å²) in [5.41, 5.74) is 3.23. The minimum absolute atomic E-state index is 0.0670. The molecular formula is C74H102N3O8Si3+. The second-order valence-corrected chi connectivity index (χ2v) is 38.4. The summed E-state index contributed by atoms with van der Waals surface area (Å²) in [6.07, 6.45) is 9.24. The molecule has 4 atom stereocenters. The summed E-state index contributed by atoms with van der Waals surface area (Å²) in [7, 11) is 1.52. The van der Waals surface area contributed by atoms with Crippen LogP contribution in [0.15, 0.2) is 220 Å². The molecule has 0 heterocycles. The number of aldehydes is 1. The predicted molar refractivity (Wildman–Crippen MR) is 372 cm³/mol. The van der Waals surface area contributed by atoms with Crippen LogP contribution in [-0.2, 0) is 24.6 Å². The number of aliphatic hydroxyl groups is 1. The number of hydrogen-bond donors (Lipinski definition) is 1. The molecule has 0 bridgehead atoms. The van der Waals surface area contributed by atoms with E-state index in [1.54, 1.807) is 62.4 Å². The standard InChI is InChI=1S/C16H24O2Si.C13H16O2.2C11H15NOSi.C10H16N.C7H6O.C6H10O/c1-6-7-13-16(2,18-19(3,4)5)15(17)14-11-9-8-10-12-14;1-3-4-10-13(2,15)12(14)11-8-6-5-7-9-11;2*1-14(2,3)13-11(9-12)10-7-5-4-6-8-10;1-11(2,3)9-10-7-5-4-6-8-10;8-6-7-4-2-1-3-5-7;1-3-4-5-6(2)7/h6,8-12H,1,7,13H2,2-5H3;3,5-9,15H,1,4,10H2,2H3;2*4-8,11H,1-3H3;4-8H,9H2,1-3H3;1-6H;3H,1,4-5H2,2H3/q;;;;+1;;. The minimum atomic E-state index is -1.79. The van der Waals surface area contributed by atoms with Crippen LogP contribution in [0.2, 0.25) is 58.9 Å². The fourth-order valence-corrected chi connectivity index (χ4v) is 11.2. The van der Waals surface area contributed by atoms with Crippen LogP contribution < -0.4 is 0 Å². The molecule has 88 heavy (non-hydrogen) atoms. The first-order valence-electron chi connectivity index (χ1n) is 29.7. The molecule has 6 rings (SSSR count). The summed E-state index contributed by atoms with van der Waals surface area (Å²) in [5, 5.41) is 28.0. The quantitative estimate of drug-likeness (QED) is 0.0203. The van der Waals surface area contributed by atoms with Gasteiger partial charge in [-0.25, -0.2) is 0 Å². The molecule has 6 aromatic carbocycles. The van der Waals surface area contributed by atoms with Gasteiger partial charge in [0.05, 0.1) is 33.3 Å². The van der Waals surface area contributed by atoms with Crippen LogP contribution in [0.3, 0.4) is 0 Å². The van der Waals surface area contributed by atoms with E-state index in [1.807, 2.05) is 128 Å². The van der Waals surface area contributed by atoms with Crippen molar-refractivity contribution in [1.82, 2.24) is 0 Å². The zero-order valence-electron chi connectivity index (χ0n) is 55.5. The number of carbonyl (C=O) groups excluding carboxylic acids is 4. The Morgan fingerprint density at radius 2 is 0.875 bits per heavy atom. The Morgan fingerprint density at radius 3 is 1.17 bits per heavy atom. The van der Waals surface area contributed by atoms with Gasteiger partial charge in [0.15, 0.2) is 48.7 Å². The molecule has 472 valence electrons. The van der Waals surface area contributed by atoms with Crippen LogP contribution >= 0.6 is 0 Å². The molecule has 0 amide bonds. The first-order valence-corrected chi connectivity index (χ1v) is 40.0. The van der Waals surface area contributed by atoms with Crippen LogP contribution in [0.1, 0.15) is 119 Å². The highest BCUT2D eigenvalue weighted by Crippen LogP contribution is 2.28. The van der Waals surface area contributed by atoms with Crippen molar-refractivity contribution < 1.29 is 42.0 Å². The van der Waals surface area contributed by atoms with Crippen LogP contribution in [0.4, 0.5) is 0 Å². The number of rotatable bonds is 24. The molecule has 0 saturated carbocycles. The van der Waals surface area contributed by atoms with Gasteiger partial charge >= 0.3 is 0 Å². The van der Waals surface area contributed by atoms with Crippen molar-refractivity contribution in [2.24, 2.45) is 0 Å². The molecule has 0 aromatic heterocycles. The number of hydrogen-bond acceptors (Lipinski definition) is 10. The lowest BCUT2D eigenvalue weighted by Gasteiger charge is -2.35. The minimum Gasteiger partial charge on any atom is -0.405 e. The second-order valence-electron chi connectivity index (χ2n) is 25.1. The normalized spacial score (nSPS) is 12.7. The van der Waals surface area contributed by atoms with Gasteiger partial charge in [-0.05, 0) is 123 Å². The Labute approximate surface area is 533 Å². The van der Waals surface area contributed by atoms with Crippen molar-refractivity contribution in [2.45, 2.75) is 148 Å². The van der Waals surface area contributed by atoms with Gasteiger partial charge in [0.25, 0.3) is 0 Å². The number of ketones is 3. The zero-order valence-corrected chi connectivity index (χ0v) is 58.5. The van der Waals surface area contributed by atoms with E-state index in [9.17, 15) is 24.3 Å². The van der Waals surface area contributed by atoms with Gasteiger partial charge in [0, 0.05) is 28.7 Å². The van der Waals surface area contributed by atoms with Gasteiger partial charge in [-0.2, -0.15) is 10.5 Å². The molecule has 4 unspecified atom stereocenters. The number of carbonyl (C=O) groups is 4. The van der Waals surface area contributed by atoms with Crippen molar-refractivity contribution in [1.29, 1.82) is 10.5 Å². The number of Topliss-reactive ketones (excluding diaryl/α,β-unsaturated/α-hetero) is 3. The highest BCUT2D eigenvalue weighted by Gasteiger charge is 2.38. The molecule has 1 N–H and O–H groups in total. The number of allylic oxidation sites excluding steroid dienone is 3. The third-order valence-electron chi connectivity index (χ3n) is 11.8. The summed E-state index contributed by atoms with van der Waals surface area (Å²) >= 11 is 0. The SMILES string of the molecule is C=CCCC(C)(O)C(=O)c1ccccc1.C=CCCC(C)(O[Si](C)(C)C)C(=O)c1ccccc1.C=CCCC(C)=O.C[N+](C)(C)Cc1ccccc1.C[Si](C)(C)OC(C#N)c1ccccc1.C[Si](C)(C)OC(C#N)c1ccccc1.O=Cc1ccccc1. The van der Waals surface area contributed by atoms with E-state index in [1.165, 1.54) is 5.56 Å². The monoisotopic (exact) mass is 1240 g/mol. The largest absolute Gasteiger partial charge is 0.405 e. The number of quaternary nitrogens is 1. The zero-order chi connectivity index (χ0) is 66.9. The fraction of sp³-hybridized carbons (Fsp3) is 0.351. The third kappa shape index (κ3) is 39.4. The molecular weight excluding hydrogens is 1140 g/mol. The fourth-order valence-electron chi connectivity index (χ4n) is 7.82. The predicted octanol–water partition coefficient (Wildman–Crippen LogP) is 18.2. The van der Waals surface area contributed by atoms with Gasteiger partial charge < -0.3 is 27.7 Å². The first-order chi connectivity index (χ1) is 41.2. The van der Waals surface area contributed by atoms with Crippen molar-refractivity contribution in [3.05, 3.63) is 253 Å². The Kier molecular flexibility index (Phi) is 39.0. The molecule has 0 fully saturated rings. The summed E-state index contributed by atoms with van der Waals surface area (Å²) in [6.45, 7) is 35.8. The summed E-state index contributed by atoms with van der Waals surface area (Å²) < 4.78 is 18.7. The van der Waals surface area contributed by atoms with Crippen molar-refractivity contribution in [3.8, 4) is 12.1 Å². The van der Waals surface area contributed by atoms with E-state index in [4.69, 9.17) is 23.8 Å². The Hall–Kier alpha value is -7.35. The topological polar surface area (TPSA) is 164 Å². The average Bonchev–Trinajstić information content (AvgIpc) is 3.59. The molecule has 0 saturated heterocycles. The molecule has 0 aliphatic carbocycles. The second kappa shape index (κ2) is 42.5. The van der Waals surface area contributed by atoms with E-state index in [0.717, 1.165) is 46.8 Å². The summed E-state index contributed by atoms with van der Waals surface area (Å²) in [6, 6.07) is 61.5. The van der Waals surface area contributed by atoms with Crippen LogP contribution in [0.5, 0.6) is 0 Å². The van der Waals surface area contributed by atoms with Crippen LogP contribution in [0.25, 0.3) is 0 Å². The van der Waals surface area contributed by atoms with Crippen LogP contribution in [0, 0.1) is 22.7 Å². The van der Waals surface area contributed by atoms with Crippen molar-refractivity contribution >= 4 is 48.6 Å². The van der Waals surface area contributed by atoms with E-state index >= 15 is 0 Å². The smallest absolute Gasteiger partial charge is 0.194 e. The molecule has 11 nitrogen and oxygen atoms in total. The third-order valence-corrected chi connectivity index (χ3v) is 14.7. The highest BCUT2D eigenvalue weighted by atomic mass is 28.4. The first kappa shape index (κ1) is 80.7. The number of benzene rings is 6. The maximum atomic E-state index is 12.7. The number of nitrogens with zero attached hydrogens (tertiary/aromatic N) is 3. The van der Waals surface area contributed by atoms with Gasteiger partial charge in [0.1, 0.15) is 29.8 Å². The van der Waals surface area contributed by atoms with E-state index in [2.05, 4.69) is 142 Å². The average molecular weight is 1250 g/mol. The molecule has 6 aromatic rings. The molecule has 0 aliphatic heterocycles. The Bertz CT molecular complexity index is 2930.